The zero-order chi connectivity index (χ0) is 15.3. The molecule has 6 nitrogen and oxygen atoms in total. The lowest BCUT2D eigenvalue weighted by atomic mass is 9.82. The Labute approximate surface area is 121 Å². The van der Waals surface area contributed by atoms with Gasteiger partial charge in [0, 0.05) is 5.69 Å². The van der Waals surface area contributed by atoms with Crippen molar-refractivity contribution in [1.82, 2.24) is 4.90 Å². The maximum absolute atomic E-state index is 12.1. The van der Waals surface area contributed by atoms with Gasteiger partial charge in [-0.25, -0.2) is 4.79 Å². The van der Waals surface area contributed by atoms with E-state index >= 15 is 0 Å². The summed E-state index contributed by atoms with van der Waals surface area (Å²) in [7, 11) is 0. The predicted molar refractivity (Wildman–Crippen MR) is 75.8 cm³/mol. The van der Waals surface area contributed by atoms with Crippen molar-refractivity contribution in [2.24, 2.45) is 5.92 Å². The second kappa shape index (κ2) is 4.60. The van der Waals surface area contributed by atoms with Crippen LogP contribution in [-0.2, 0) is 9.59 Å². The molecule has 4 N–H and O–H groups in total. The van der Waals surface area contributed by atoms with Crippen LogP contribution in [0.4, 0.5) is 5.69 Å². The largest absolute Gasteiger partial charge is 0.477 e. The zero-order valence-corrected chi connectivity index (χ0v) is 11.5. The minimum atomic E-state index is -1.12. The molecule has 110 valence electrons. The monoisotopic (exact) mass is 288 g/mol. The SMILES string of the molecule is C[C@@H](O)[C@H]1C(=O)N2C(C(=O)O)=C(c3ccc(N)cc3)C[C@H]12. The number of β-lactam (4-membered cyclic amide) rings is 1. The van der Waals surface area contributed by atoms with Crippen LogP contribution in [-0.4, -0.2) is 39.1 Å². The molecule has 1 fully saturated rings. The van der Waals surface area contributed by atoms with Gasteiger partial charge in [-0.2, -0.15) is 0 Å². The molecule has 0 saturated carbocycles. The van der Waals surface area contributed by atoms with Crippen molar-refractivity contribution in [1.29, 1.82) is 0 Å². The number of aliphatic hydroxyl groups is 1. The van der Waals surface area contributed by atoms with E-state index < -0.39 is 18.0 Å². The van der Waals surface area contributed by atoms with Crippen molar-refractivity contribution in [3.63, 3.8) is 0 Å². The second-order valence-electron chi connectivity index (χ2n) is 5.50. The molecule has 1 aromatic rings. The Morgan fingerprint density at radius 1 is 1.38 bits per heavy atom. The van der Waals surface area contributed by atoms with Gasteiger partial charge in [-0.1, -0.05) is 12.1 Å². The molecule has 0 bridgehead atoms. The number of amides is 1. The zero-order valence-electron chi connectivity index (χ0n) is 11.5. The highest BCUT2D eigenvalue weighted by atomic mass is 16.4. The molecule has 1 aromatic carbocycles. The van der Waals surface area contributed by atoms with E-state index in [-0.39, 0.29) is 17.6 Å². The van der Waals surface area contributed by atoms with Crippen molar-refractivity contribution < 1.29 is 19.8 Å². The molecule has 1 saturated heterocycles. The van der Waals surface area contributed by atoms with Gasteiger partial charge in [-0.3, -0.25) is 4.79 Å². The van der Waals surface area contributed by atoms with Crippen molar-refractivity contribution in [3.8, 4) is 0 Å². The topological polar surface area (TPSA) is 104 Å². The van der Waals surface area contributed by atoms with Gasteiger partial charge in [-0.05, 0) is 36.6 Å². The summed E-state index contributed by atoms with van der Waals surface area (Å²) < 4.78 is 0. The number of rotatable bonds is 3. The van der Waals surface area contributed by atoms with Crippen molar-refractivity contribution in [2.75, 3.05) is 5.73 Å². The number of carboxylic acids is 1. The molecule has 6 heteroatoms. The van der Waals surface area contributed by atoms with E-state index in [0.29, 0.717) is 17.7 Å². The summed E-state index contributed by atoms with van der Waals surface area (Å²) in [4.78, 5) is 24.9. The fraction of sp³-hybridized carbons (Fsp3) is 0.333. The van der Waals surface area contributed by atoms with Gasteiger partial charge < -0.3 is 20.8 Å². The third-order valence-corrected chi connectivity index (χ3v) is 4.19. The number of hydrogen-bond donors (Lipinski definition) is 3. The normalized spacial score (nSPS) is 25.6. The maximum Gasteiger partial charge on any atom is 0.352 e. The first kappa shape index (κ1) is 13.6. The minimum absolute atomic E-state index is 0.0201. The third kappa shape index (κ3) is 1.91. The second-order valence-corrected chi connectivity index (χ2v) is 5.50. The Kier molecular flexibility index (Phi) is 2.98. The molecule has 2 aliphatic heterocycles. The number of anilines is 1. The lowest BCUT2D eigenvalue weighted by Crippen LogP contribution is -2.61. The molecule has 0 aliphatic carbocycles. The summed E-state index contributed by atoms with van der Waals surface area (Å²) in [5, 5.41) is 19.1. The smallest absolute Gasteiger partial charge is 0.352 e. The Bertz CT molecular complexity index is 648. The Morgan fingerprint density at radius 3 is 2.52 bits per heavy atom. The Balaban J connectivity index is 2.02. The molecule has 0 aromatic heterocycles. The van der Waals surface area contributed by atoms with Gasteiger partial charge in [0.25, 0.3) is 0 Å². The first-order valence-electron chi connectivity index (χ1n) is 6.75. The van der Waals surface area contributed by atoms with E-state index in [4.69, 9.17) is 5.73 Å². The van der Waals surface area contributed by atoms with E-state index in [1.807, 2.05) is 0 Å². The summed E-state index contributed by atoms with van der Waals surface area (Å²) in [5.41, 5.74) is 7.61. The molecule has 2 aliphatic rings. The van der Waals surface area contributed by atoms with Gasteiger partial charge in [-0.15, -0.1) is 0 Å². The number of carboxylic acid groups (broad SMARTS) is 1. The van der Waals surface area contributed by atoms with Crippen LogP contribution in [0.3, 0.4) is 0 Å². The van der Waals surface area contributed by atoms with E-state index in [1.165, 1.54) is 4.90 Å². The van der Waals surface area contributed by atoms with E-state index in [9.17, 15) is 19.8 Å². The molecule has 21 heavy (non-hydrogen) atoms. The third-order valence-electron chi connectivity index (χ3n) is 4.19. The van der Waals surface area contributed by atoms with Crippen molar-refractivity contribution in [3.05, 3.63) is 35.5 Å². The molecule has 0 radical (unpaired) electrons. The Hall–Kier alpha value is -2.34. The van der Waals surface area contributed by atoms with Crippen LogP contribution in [0.2, 0.25) is 0 Å². The minimum Gasteiger partial charge on any atom is -0.477 e. The van der Waals surface area contributed by atoms with Gasteiger partial charge in [0.05, 0.1) is 18.1 Å². The fourth-order valence-corrected chi connectivity index (χ4v) is 3.21. The van der Waals surface area contributed by atoms with E-state index in [0.717, 1.165) is 5.56 Å². The number of hydrogen-bond acceptors (Lipinski definition) is 4. The lowest BCUT2D eigenvalue weighted by Gasteiger charge is -2.44. The van der Waals surface area contributed by atoms with Crippen LogP contribution in [0, 0.1) is 5.92 Å². The van der Waals surface area contributed by atoms with Gasteiger partial charge in [0.15, 0.2) is 0 Å². The number of aliphatic hydroxyl groups excluding tert-OH is 1. The highest BCUT2D eigenvalue weighted by Crippen LogP contribution is 2.46. The summed E-state index contributed by atoms with van der Waals surface area (Å²) in [6.45, 7) is 1.56. The molecule has 0 spiro atoms. The molecule has 3 atom stereocenters. The van der Waals surface area contributed by atoms with Crippen LogP contribution in [0.1, 0.15) is 18.9 Å². The maximum atomic E-state index is 12.1. The number of aliphatic carboxylic acids is 1. The van der Waals surface area contributed by atoms with Crippen LogP contribution < -0.4 is 5.73 Å². The number of nitrogen functional groups attached to an aromatic ring is 1. The fourth-order valence-electron chi connectivity index (χ4n) is 3.21. The highest BCUT2D eigenvalue weighted by Gasteiger charge is 2.56. The summed E-state index contributed by atoms with van der Waals surface area (Å²) in [6, 6.07) is 6.63. The molecule has 0 unspecified atom stereocenters. The summed E-state index contributed by atoms with van der Waals surface area (Å²) in [5.74, 6) is -1.97. The van der Waals surface area contributed by atoms with Crippen LogP contribution >= 0.6 is 0 Å². The van der Waals surface area contributed by atoms with Crippen LogP contribution in [0.5, 0.6) is 0 Å². The number of fused-ring (bicyclic) bond motifs is 1. The molecule has 2 heterocycles. The summed E-state index contributed by atoms with van der Waals surface area (Å²) >= 11 is 0. The molecular formula is C15H16N2O4. The standard InChI is InChI=1S/C15H16N2O4/c1-7(18)12-11-6-10(8-2-4-9(16)5-3-8)13(15(20)21)17(11)14(12)19/h2-5,7,11-12,18H,6,16H2,1H3,(H,20,21)/t7-,11-,12-/m1/s1. The number of nitrogens with zero attached hydrogens (tertiary/aromatic N) is 1. The van der Waals surface area contributed by atoms with Crippen molar-refractivity contribution in [2.45, 2.75) is 25.5 Å². The van der Waals surface area contributed by atoms with E-state index in [2.05, 4.69) is 0 Å². The molecular weight excluding hydrogens is 272 g/mol. The first-order valence-corrected chi connectivity index (χ1v) is 6.75. The highest BCUT2D eigenvalue weighted by molar-refractivity contribution is 6.06. The van der Waals surface area contributed by atoms with E-state index in [1.54, 1.807) is 31.2 Å². The number of carbonyl (C=O) groups excluding carboxylic acids is 1. The van der Waals surface area contributed by atoms with Gasteiger partial charge in [0.2, 0.25) is 5.91 Å². The average molecular weight is 288 g/mol. The average Bonchev–Trinajstić information content (AvgIpc) is 2.74. The van der Waals surface area contributed by atoms with Crippen LogP contribution in [0.15, 0.2) is 30.0 Å². The Morgan fingerprint density at radius 2 is 2.00 bits per heavy atom. The van der Waals surface area contributed by atoms with Crippen molar-refractivity contribution >= 4 is 23.1 Å². The first-order chi connectivity index (χ1) is 9.91. The predicted octanol–water partition coefficient (Wildman–Crippen LogP) is 0.676. The molecule has 1 amide bonds. The van der Waals surface area contributed by atoms with Gasteiger partial charge >= 0.3 is 5.97 Å². The lowest BCUT2D eigenvalue weighted by molar-refractivity contribution is -0.161. The number of carbonyl (C=O) groups is 2. The van der Waals surface area contributed by atoms with Gasteiger partial charge in [0.1, 0.15) is 5.70 Å². The quantitative estimate of drug-likeness (QED) is 0.560. The molecule has 3 rings (SSSR count). The number of nitrogens with two attached hydrogens (primary N) is 1. The van der Waals surface area contributed by atoms with Crippen LogP contribution in [0.25, 0.3) is 5.57 Å². The number of benzene rings is 1. The summed E-state index contributed by atoms with van der Waals surface area (Å²) in [6.07, 6.45) is -0.341.